The van der Waals surface area contributed by atoms with Crippen molar-refractivity contribution in [2.75, 3.05) is 0 Å². The summed E-state index contributed by atoms with van der Waals surface area (Å²) >= 11 is 0. The lowest BCUT2D eigenvalue weighted by atomic mass is 9.87. The minimum atomic E-state index is 0.820. The lowest BCUT2D eigenvalue weighted by Gasteiger charge is -2.19. The van der Waals surface area contributed by atoms with Gasteiger partial charge in [0.15, 0.2) is 5.82 Å². The summed E-state index contributed by atoms with van der Waals surface area (Å²) in [6.45, 7) is 0. The summed E-state index contributed by atoms with van der Waals surface area (Å²) in [5, 5.41) is 15.4. The third kappa shape index (κ3) is 4.10. The van der Waals surface area contributed by atoms with Crippen LogP contribution in [0.4, 0.5) is 0 Å². The Hall–Kier alpha value is -7.10. The van der Waals surface area contributed by atoms with Crippen LogP contribution in [-0.2, 0) is 0 Å². The van der Waals surface area contributed by atoms with Gasteiger partial charge >= 0.3 is 0 Å². The van der Waals surface area contributed by atoms with Crippen molar-refractivity contribution < 1.29 is 0 Å². The molecule has 0 amide bonds. The molecule has 53 heavy (non-hydrogen) atoms. The molecule has 244 valence electrons. The first-order valence-corrected chi connectivity index (χ1v) is 18.2. The average molecular weight is 672 g/mol. The molecule has 0 saturated carbocycles. The van der Waals surface area contributed by atoms with E-state index in [1.54, 1.807) is 0 Å². The molecule has 2 aromatic heterocycles. The first kappa shape index (κ1) is 28.6. The Kier molecular flexibility index (Phi) is 5.77. The van der Waals surface area contributed by atoms with Gasteiger partial charge in [-0.3, -0.25) is 9.55 Å². The summed E-state index contributed by atoms with van der Waals surface area (Å²) < 4.78 is 2.29. The van der Waals surface area contributed by atoms with Crippen molar-refractivity contribution in [1.82, 2.24) is 14.5 Å². The van der Waals surface area contributed by atoms with Crippen LogP contribution < -0.4 is 0 Å². The van der Waals surface area contributed by atoms with E-state index in [0.29, 0.717) is 0 Å². The number of hydrogen-bond donors (Lipinski definition) is 0. The SMILES string of the molecule is c1ccc(-c2nc3ccccc3n2-c2cc(-c3ccc4ccc5cccc6ccc3c4c56)cc(-c3ccc4ccc5cccc6ccc3c4c56)c2)nc1. The van der Waals surface area contributed by atoms with Crippen molar-refractivity contribution in [3.63, 3.8) is 0 Å². The van der Waals surface area contributed by atoms with Gasteiger partial charge in [-0.05, 0) is 129 Å². The van der Waals surface area contributed by atoms with E-state index in [2.05, 4.69) is 156 Å². The number of hydrogen-bond acceptors (Lipinski definition) is 2. The molecule has 3 heteroatoms. The van der Waals surface area contributed by atoms with Crippen molar-refractivity contribution in [2.24, 2.45) is 0 Å². The first-order chi connectivity index (χ1) is 26.3. The highest BCUT2D eigenvalue weighted by Crippen LogP contribution is 2.44. The molecule has 0 fully saturated rings. The smallest absolute Gasteiger partial charge is 0.164 e. The van der Waals surface area contributed by atoms with Gasteiger partial charge in [0, 0.05) is 11.9 Å². The molecule has 0 atom stereocenters. The van der Waals surface area contributed by atoms with Crippen molar-refractivity contribution in [2.45, 2.75) is 0 Å². The van der Waals surface area contributed by atoms with E-state index in [1.165, 1.54) is 75.8 Å². The van der Waals surface area contributed by atoms with Crippen LogP contribution in [0.5, 0.6) is 0 Å². The second-order valence-corrected chi connectivity index (χ2v) is 14.2. The van der Waals surface area contributed by atoms with Gasteiger partial charge in [0.2, 0.25) is 0 Å². The van der Waals surface area contributed by atoms with Gasteiger partial charge in [0.05, 0.1) is 11.0 Å². The summed E-state index contributed by atoms with van der Waals surface area (Å²) in [7, 11) is 0. The first-order valence-electron chi connectivity index (χ1n) is 18.2. The molecule has 10 aromatic carbocycles. The molecule has 0 aliphatic heterocycles. The molecule has 0 unspecified atom stereocenters. The number of imidazole rings is 1. The van der Waals surface area contributed by atoms with E-state index in [9.17, 15) is 0 Å². The van der Waals surface area contributed by atoms with E-state index in [4.69, 9.17) is 9.97 Å². The number of aromatic nitrogens is 3. The second-order valence-electron chi connectivity index (χ2n) is 14.2. The number of rotatable bonds is 4. The van der Waals surface area contributed by atoms with Crippen molar-refractivity contribution in [1.29, 1.82) is 0 Å². The Bertz CT molecular complexity index is 3190. The second kappa shape index (κ2) is 10.7. The lowest BCUT2D eigenvalue weighted by molar-refractivity contribution is 1.08. The number of pyridine rings is 1. The quantitative estimate of drug-likeness (QED) is 0.174. The Morgan fingerprint density at radius 2 is 0.906 bits per heavy atom. The molecular weight excluding hydrogens is 643 g/mol. The molecular formula is C50H29N3. The predicted molar refractivity (Wildman–Crippen MR) is 223 cm³/mol. The van der Waals surface area contributed by atoms with Gasteiger partial charge < -0.3 is 0 Å². The summed E-state index contributed by atoms with van der Waals surface area (Å²) in [5.74, 6) is 0.820. The maximum absolute atomic E-state index is 5.18. The molecule has 0 bridgehead atoms. The van der Waals surface area contributed by atoms with Crippen molar-refractivity contribution in [3.8, 4) is 39.5 Å². The highest BCUT2D eigenvalue weighted by molar-refractivity contribution is 6.27. The van der Waals surface area contributed by atoms with Gasteiger partial charge in [0.1, 0.15) is 5.69 Å². The van der Waals surface area contributed by atoms with E-state index in [-0.39, 0.29) is 0 Å². The minimum Gasteiger partial charge on any atom is -0.291 e. The van der Waals surface area contributed by atoms with E-state index < -0.39 is 0 Å². The molecule has 12 rings (SSSR count). The fraction of sp³-hybridized carbons (Fsp3) is 0. The van der Waals surface area contributed by atoms with Crippen LogP contribution in [0.25, 0.3) is 115 Å². The molecule has 3 nitrogen and oxygen atoms in total. The number of fused-ring (bicyclic) bond motifs is 1. The van der Waals surface area contributed by atoms with Crippen molar-refractivity contribution >= 4 is 75.7 Å². The van der Waals surface area contributed by atoms with Crippen LogP contribution in [0.2, 0.25) is 0 Å². The van der Waals surface area contributed by atoms with Crippen LogP contribution in [0.15, 0.2) is 176 Å². The largest absolute Gasteiger partial charge is 0.291 e. The van der Waals surface area contributed by atoms with Crippen LogP contribution >= 0.6 is 0 Å². The maximum Gasteiger partial charge on any atom is 0.164 e. The van der Waals surface area contributed by atoms with Crippen LogP contribution in [-0.4, -0.2) is 14.5 Å². The Morgan fingerprint density at radius 1 is 0.396 bits per heavy atom. The summed E-state index contributed by atoms with van der Waals surface area (Å²) in [5.41, 5.74) is 8.59. The fourth-order valence-corrected chi connectivity index (χ4v) is 8.98. The highest BCUT2D eigenvalue weighted by atomic mass is 15.1. The van der Waals surface area contributed by atoms with E-state index in [1.807, 2.05) is 24.4 Å². The number of benzene rings is 10. The summed E-state index contributed by atoms with van der Waals surface area (Å²) in [6, 6.07) is 62.1. The number of nitrogens with zero attached hydrogens (tertiary/aromatic N) is 3. The highest BCUT2D eigenvalue weighted by Gasteiger charge is 2.20. The Morgan fingerprint density at radius 3 is 1.47 bits per heavy atom. The molecule has 0 aliphatic rings. The Labute approximate surface area is 304 Å². The minimum absolute atomic E-state index is 0.820. The standard InChI is InChI=1S/C50H29N3/c1-2-13-45-43(11-1)52-50(44-12-3-4-26-51-44)53(45)38-28-36(39-22-18-34-16-14-30-7-5-9-32-20-24-41(39)48(34)46(30)32)27-37(29-38)40-23-19-35-17-15-31-8-6-10-33-21-25-42(40)49(35)47(31)33/h1-29H. The van der Waals surface area contributed by atoms with Crippen LogP contribution in [0.1, 0.15) is 0 Å². The van der Waals surface area contributed by atoms with Crippen molar-refractivity contribution in [3.05, 3.63) is 176 Å². The normalized spacial score (nSPS) is 12.2. The zero-order valence-corrected chi connectivity index (χ0v) is 28.6. The summed E-state index contributed by atoms with van der Waals surface area (Å²) in [4.78, 5) is 9.96. The van der Waals surface area contributed by atoms with Gasteiger partial charge in [-0.25, -0.2) is 4.98 Å². The van der Waals surface area contributed by atoms with Crippen LogP contribution in [0, 0.1) is 0 Å². The lowest BCUT2D eigenvalue weighted by Crippen LogP contribution is -2.00. The van der Waals surface area contributed by atoms with E-state index in [0.717, 1.165) is 39.4 Å². The monoisotopic (exact) mass is 671 g/mol. The molecule has 0 aliphatic carbocycles. The molecule has 0 spiro atoms. The molecule has 0 N–H and O–H groups in total. The van der Waals surface area contributed by atoms with Gasteiger partial charge in [-0.2, -0.15) is 0 Å². The fourth-order valence-electron chi connectivity index (χ4n) is 8.98. The Balaban J connectivity index is 1.20. The summed E-state index contributed by atoms with van der Waals surface area (Å²) in [6.07, 6.45) is 1.84. The molecule has 0 radical (unpaired) electrons. The molecule has 2 heterocycles. The van der Waals surface area contributed by atoms with Gasteiger partial charge in [-0.15, -0.1) is 0 Å². The van der Waals surface area contributed by atoms with Gasteiger partial charge in [0.25, 0.3) is 0 Å². The number of para-hydroxylation sites is 2. The van der Waals surface area contributed by atoms with Crippen LogP contribution in [0.3, 0.4) is 0 Å². The zero-order chi connectivity index (χ0) is 34.6. The topological polar surface area (TPSA) is 30.7 Å². The zero-order valence-electron chi connectivity index (χ0n) is 28.6. The average Bonchev–Trinajstić information content (AvgIpc) is 3.62. The molecule has 0 saturated heterocycles. The van der Waals surface area contributed by atoms with E-state index >= 15 is 0 Å². The third-order valence-electron chi connectivity index (χ3n) is 11.3. The molecule has 12 aromatic rings. The third-order valence-corrected chi connectivity index (χ3v) is 11.3. The maximum atomic E-state index is 5.18. The predicted octanol–water partition coefficient (Wildman–Crippen LogP) is 13.2. The van der Waals surface area contributed by atoms with Gasteiger partial charge in [-0.1, -0.05) is 127 Å².